The number of nitrogens with zero attached hydrogens (tertiary/aromatic N) is 3. The maximum Gasteiger partial charge on any atom is 0.194 e. The number of fused-ring (bicyclic) bond motifs is 4. The molecule has 0 saturated carbocycles. The average Bonchev–Trinajstić information content (AvgIpc) is 3.19. The molecule has 2 aliphatic carbocycles. The van der Waals surface area contributed by atoms with Crippen LogP contribution in [-0.2, 0) is 5.41 Å². The fraction of sp³-hybridized carbons (Fsp3) is 0.222. The summed E-state index contributed by atoms with van der Waals surface area (Å²) >= 11 is 0. The van der Waals surface area contributed by atoms with Crippen LogP contribution in [0.25, 0.3) is 5.57 Å². The van der Waals surface area contributed by atoms with Crippen LogP contribution in [0.3, 0.4) is 0 Å². The Hall–Kier alpha value is -3.89. The van der Waals surface area contributed by atoms with Gasteiger partial charge in [0.15, 0.2) is 5.78 Å². The topological polar surface area (TPSA) is 67.9 Å². The Labute approximate surface area is 182 Å². The van der Waals surface area contributed by atoms with E-state index in [0.29, 0.717) is 22.3 Å². The Balaban J connectivity index is 1.76. The third kappa shape index (κ3) is 2.55. The van der Waals surface area contributed by atoms with E-state index in [-0.39, 0.29) is 16.8 Å². The first-order valence-corrected chi connectivity index (χ1v) is 10.5. The number of benzene rings is 2. The van der Waals surface area contributed by atoms with E-state index in [1.54, 1.807) is 6.07 Å². The largest absolute Gasteiger partial charge is 0.347 e. The third-order valence-corrected chi connectivity index (χ3v) is 6.89. The molecular formula is C27H21N3O. The standard InChI is InChI=1S/C27H21N3O/c1-27-13-7-8-17(26(27)30(2)23-12-6-5-11-22(23)27)14-21-24(18(15-28)16-29)19-9-3-4-10-20(19)25(21)31/h3-6,9-12,14H,7-8,13H2,1-2H3/b21-14-. The molecule has 0 saturated heterocycles. The molecule has 150 valence electrons. The molecule has 0 amide bonds. The van der Waals surface area contributed by atoms with Crippen LogP contribution < -0.4 is 4.90 Å². The van der Waals surface area contributed by atoms with E-state index in [9.17, 15) is 15.3 Å². The number of rotatable bonds is 1. The van der Waals surface area contributed by atoms with Crippen LogP contribution in [0.2, 0.25) is 0 Å². The van der Waals surface area contributed by atoms with Gasteiger partial charge in [-0.2, -0.15) is 10.5 Å². The van der Waals surface area contributed by atoms with Crippen LogP contribution in [0, 0.1) is 22.7 Å². The van der Waals surface area contributed by atoms with Crippen molar-refractivity contribution in [2.45, 2.75) is 31.6 Å². The number of allylic oxidation sites excluding steroid dienone is 6. The maximum atomic E-state index is 13.3. The summed E-state index contributed by atoms with van der Waals surface area (Å²) in [5.74, 6) is -0.118. The monoisotopic (exact) mass is 403 g/mol. The zero-order valence-corrected chi connectivity index (χ0v) is 17.6. The predicted molar refractivity (Wildman–Crippen MR) is 120 cm³/mol. The number of nitriles is 2. The van der Waals surface area contributed by atoms with E-state index in [1.165, 1.54) is 16.9 Å². The third-order valence-electron chi connectivity index (χ3n) is 6.89. The number of Topliss-reactive ketones (excluding diaryl/α,β-unsaturated/α-hetero) is 1. The molecule has 2 aromatic carbocycles. The molecule has 4 heteroatoms. The average molecular weight is 403 g/mol. The zero-order valence-electron chi connectivity index (χ0n) is 17.6. The molecule has 5 rings (SSSR count). The number of ketones is 1. The molecular weight excluding hydrogens is 382 g/mol. The first kappa shape index (κ1) is 19.1. The summed E-state index contributed by atoms with van der Waals surface area (Å²) in [5.41, 5.74) is 6.85. The van der Waals surface area contributed by atoms with Gasteiger partial charge in [0, 0.05) is 40.6 Å². The van der Waals surface area contributed by atoms with Crippen LogP contribution in [0.15, 0.2) is 77.0 Å². The lowest BCUT2D eigenvalue weighted by atomic mass is 9.71. The van der Waals surface area contributed by atoms with Crippen LogP contribution in [0.1, 0.15) is 47.7 Å². The lowest BCUT2D eigenvalue weighted by Crippen LogP contribution is -2.30. The first-order valence-electron chi connectivity index (χ1n) is 10.5. The summed E-state index contributed by atoms with van der Waals surface area (Å²) in [6.45, 7) is 2.28. The molecule has 31 heavy (non-hydrogen) atoms. The highest BCUT2D eigenvalue weighted by molar-refractivity contribution is 6.28. The van der Waals surface area contributed by atoms with Crippen molar-refractivity contribution in [2.75, 3.05) is 11.9 Å². The van der Waals surface area contributed by atoms with Crippen molar-refractivity contribution in [1.29, 1.82) is 10.5 Å². The lowest BCUT2D eigenvalue weighted by molar-refractivity contribution is 0.104. The van der Waals surface area contributed by atoms with Crippen molar-refractivity contribution in [2.24, 2.45) is 0 Å². The van der Waals surface area contributed by atoms with Crippen molar-refractivity contribution in [3.8, 4) is 12.1 Å². The fourth-order valence-electron chi connectivity index (χ4n) is 5.59. The van der Waals surface area contributed by atoms with Gasteiger partial charge in [0.2, 0.25) is 0 Å². The van der Waals surface area contributed by atoms with E-state index >= 15 is 0 Å². The Bertz CT molecular complexity index is 1310. The Kier molecular flexibility index (Phi) is 4.20. The molecule has 1 heterocycles. The summed E-state index contributed by atoms with van der Waals surface area (Å²) in [7, 11) is 2.08. The van der Waals surface area contributed by atoms with Crippen molar-refractivity contribution in [3.63, 3.8) is 0 Å². The van der Waals surface area contributed by atoms with E-state index in [1.807, 2.05) is 36.4 Å². The minimum atomic E-state index is -0.118. The number of carbonyl (C=O) groups is 1. The molecule has 3 aliphatic rings. The Morgan fingerprint density at radius 2 is 1.74 bits per heavy atom. The van der Waals surface area contributed by atoms with Crippen molar-refractivity contribution >= 4 is 17.0 Å². The minimum absolute atomic E-state index is 0.0169. The van der Waals surface area contributed by atoms with Gasteiger partial charge in [-0.3, -0.25) is 4.79 Å². The summed E-state index contributed by atoms with van der Waals surface area (Å²) in [6, 6.07) is 19.7. The summed E-state index contributed by atoms with van der Waals surface area (Å²) in [4.78, 5) is 15.6. The zero-order chi connectivity index (χ0) is 21.8. The smallest absolute Gasteiger partial charge is 0.194 e. The lowest BCUT2D eigenvalue weighted by Gasteiger charge is -2.35. The van der Waals surface area contributed by atoms with Gasteiger partial charge in [0.25, 0.3) is 0 Å². The molecule has 0 fully saturated rings. The number of hydrogen-bond donors (Lipinski definition) is 0. The van der Waals surface area contributed by atoms with Gasteiger partial charge in [-0.15, -0.1) is 0 Å². The highest BCUT2D eigenvalue weighted by atomic mass is 16.1. The van der Waals surface area contributed by atoms with Gasteiger partial charge in [-0.05, 0) is 55.0 Å². The molecule has 1 atom stereocenters. The molecule has 0 bridgehead atoms. The fourth-order valence-corrected chi connectivity index (χ4v) is 5.59. The van der Waals surface area contributed by atoms with Crippen LogP contribution in [0.4, 0.5) is 5.69 Å². The van der Waals surface area contributed by atoms with Crippen LogP contribution in [0.5, 0.6) is 0 Å². The van der Waals surface area contributed by atoms with Gasteiger partial charge >= 0.3 is 0 Å². The molecule has 4 nitrogen and oxygen atoms in total. The number of hydrogen-bond acceptors (Lipinski definition) is 4. The number of para-hydroxylation sites is 1. The van der Waals surface area contributed by atoms with Crippen molar-refractivity contribution < 1.29 is 4.79 Å². The van der Waals surface area contributed by atoms with Gasteiger partial charge < -0.3 is 4.90 Å². The Morgan fingerprint density at radius 3 is 2.48 bits per heavy atom. The van der Waals surface area contributed by atoms with Gasteiger partial charge in [0.1, 0.15) is 17.7 Å². The molecule has 0 radical (unpaired) electrons. The molecule has 0 spiro atoms. The maximum absolute atomic E-state index is 13.3. The minimum Gasteiger partial charge on any atom is -0.347 e. The predicted octanol–water partition coefficient (Wildman–Crippen LogP) is 5.46. The van der Waals surface area contributed by atoms with E-state index < -0.39 is 0 Å². The molecule has 0 aromatic heterocycles. The van der Waals surface area contributed by atoms with E-state index in [4.69, 9.17) is 0 Å². The Morgan fingerprint density at radius 1 is 1.06 bits per heavy atom. The van der Waals surface area contributed by atoms with Crippen LogP contribution >= 0.6 is 0 Å². The molecule has 1 unspecified atom stereocenters. The second kappa shape index (κ2) is 6.83. The number of carbonyl (C=O) groups excluding carboxylic acids is 1. The summed E-state index contributed by atoms with van der Waals surface area (Å²) in [6.07, 6.45) is 4.87. The van der Waals surface area contributed by atoms with Crippen molar-refractivity contribution in [1.82, 2.24) is 0 Å². The first-order chi connectivity index (χ1) is 15.0. The van der Waals surface area contributed by atoms with Crippen molar-refractivity contribution in [3.05, 3.63) is 93.7 Å². The second-order valence-electron chi connectivity index (χ2n) is 8.54. The molecule has 0 N–H and O–H groups in total. The van der Waals surface area contributed by atoms with Gasteiger partial charge in [0.05, 0.1) is 0 Å². The van der Waals surface area contributed by atoms with Gasteiger partial charge in [-0.25, -0.2) is 0 Å². The number of anilines is 1. The number of likely N-dealkylation sites (N-methyl/N-ethyl adjacent to an activating group) is 1. The summed E-state index contributed by atoms with van der Waals surface area (Å²) in [5, 5.41) is 19.2. The quantitative estimate of drug-likeness (QED) is 0.469. The summed E-state index contributed by atoms with van der Waals surface area (Å²) < 4.78 is 0. The second-order valence-corrected chi connectivity index (χ2v) is 8.54. The normalized spacial score (nSPS) is 22.7. The van der Waals surface area contributed by atoms with Gasteiger partial charge in [-0.1, -0.05) is 42.5 Å². The molecule has 2 aromatic rings. The highest BCUT2D eigenvalue weighted by Gasteiger charge is 2.45. The van der Waals surface area contributed by atoms with E-state index in [0.717, 1.165) is 24.8 Å². The highest BCUT2D eigenvalue weighted by Crippen LogP contribution is 2.54. The SMILES string of the molecule is CN1C2=C(/C=C3\C(=O)c4ccccc4C3=C(C#N)C#N)CCCC2(C)c2ccccc21. The van der Waals surface area contributed by atoms with Crippen LogP contribution in [-0.4, -0.2) is 12.8 Å². The molecule has 1 aliphatic heterocycles. The van der Waals surface area contributed by atoms with E-state index in [2.05, 4.69) is 43.1 Å².